The number of carbonyl (C=O) groups excluding carboxylic acids is 1. The Balaban J connectivity index is 1.75. The topological polar surface area (TPSA) is 60.1 Å². The molecule has 3 heterocycles. The first-order valence-electron chi connectivity index (χ1n) is 9.44. The second-order valence-corrected chi connectivity index (χ2v) is 7.87. The van der Waals surface area contributed by atoms with E-state index in [1.54, 1.807) is 0 Å². The van der Waals surface area contributed by atoms with Crippen LogP contribution >= 0.6 is 11.6 Å². The fourth-order valence-corrected chi connectivity index (χ4v) is 4.56. The number of rotatable bonds is 2. The predicted octanol–water partition coefficient (Wildman–Crippen LogP) is 5.16. The summed E-state index contributed by atoms with van der Waals surface area (Å²) < 4.78 is 7.87. The first kappa shape index (κ1) is 17.3. The van der Waals surface area contributed by atoms with E-state index in [1.807, 2.05) is 54.9 Å². The number of aromatic nitrogens is 2. The highest BCUT2D eigenvalue weighted by molar-refractivity contribution is 6.30. The zero-order valence-corrected chi connectivity index (χ0v) is 16.5. The number of nitrogens with zero attached hydrogens (tertiary/aromatic N) is 2. The lowest BCUT2D eigenvalue weighted by Gasteiger charge is -2.35. The van der Waals surface area contributed by atoms with Crippen molar-refractivity contribution >= 4 is 23.2 Å². The third-order valence-electron chi connectivity index (χ3n) is 5.57. The summed E-state index contributed by atoms with van der Waals surface area (Å²) in [6, 6.07) is 11.5. The average molecular weight is 394 g/mol. The molecule has 1 aliphatic carbocycles. The average Bonchev–Trinajstić information content (AvgIpc) is 3.24. The minimum Gasteiger partial charge on any atom is -0.466 e. The number of aryl methyl sites for hydroxylation is 2. The molecule has 0 saturated carbocycles. The SMILES string of the molecule is Cc1ccc([C@H]2c3c(C)nn(-c4cccc(Cl)c4)c3NC3=CCCC(=O)[C@@H]32)o1. The summed E-state index contributed by atoms with van der Waals surface area (Å²) in [5.41, 5.74) is 3.69. The molecule has 0 radical (unpaired) electrons. The number of carbonyl (C=O) groups is 1. The van der Waals surface area contributed by atoms with Crippen molar-refractivity contribution in [2.45, 2.75) is 32.6 Å². The molecular formula is C22H20ClN3O2. The Kier molecular flexibility index (Phi) is 3.95. The van der Waals surface area contributed by atoms with E-state index in [2.05, 4.69) is 11.4 Å². The molecule has 0 unspecified atom stereocenters. The fraction of sp³-hybridized carbons (Fsp3) is 0.273. The standard InChI is InChI=1S/C22H20ClN3O2/c1-12-9-10-18(28-12)21-19-13(2)25-26(15-6-3-5-14(23)11-15)22(19)24-16-7-4-8-17(27)20(16)21/h3,5-7,9-11,20-21,24H,4,8H2,1-2H3/t20-,21+/m1/s1. The van der Waals surface area contributed by atoms with Gasteiger partial charge < -0.3 is 9.73 Å². The van der Waals surface area contributed by atoms with Crippen molar-refractivity contribution in [2.75, 3.05) is 5.32 Å². The van der Waals surface area contributed by atoms with Crippen LogP contribution in [0.5, 0.6) is 0 Å². The number of fused-ring (bicyclic) bond motifs is 2. The lowest BCUT2D eigenvalue weighted by molar-refractivity contribution is -0.122. The van der Waals surface area contributed by atoms with Gasteiger partial charge in [0.15, 0.2) is 0 Å². The molecular weight excluding hydrogens is 374 g/mol. The van der Waals surface area contributed by atoms with Gasteiger partial charge in [-0.3, -0.25) is 4.79 Å². The second-order valence-electron chi connectivity index (χ2n) is 7.43. The van der Waals surface area contributed by atoms with E-state index in [0.29, 0.717) is 11.4 Å². The van der Waals surface area contributed by atoms with Crippen LogP contribution in [0.25, 0.3) is 5.69 Å². The molecule has 2 aromatic heterocycles. The monoisotopic (exact) mass is 393 g/mol. The lowest BCUT2D eigenvalue weighted by Crippen LogP contribution is -2.35. The Morgan fingerprint density at radius 3 is 2.82 bits per heavy atom. The smallest absolute Gasteiger partial charge is 0.143 e. The van der Waals surface area contributed by atoms with Crippen LogP contribution in [0.2, 0.25) is 5.02 Å². The van der Waals surface area contributed by atoms with Crippen LogP contribution in [0.1, 0.15) is 41.5 Å². The number of ketones is 1. The maximum absolute atomic E-state index is 12.9. The number of furan rings is 1. The van der Waals surface area contributed by atoms with E-state index in [4.69, 9.17) is 21.1 Å². The van der Waals surface area contributed by atoms with Gasteiger partial charge in [-0.1, -0.05) is 23.7 Å². The summed E-state index contributed by atoms with van der Waals surface area (Å²) >= 11 is 6.21. The molecule has 2 atom stereocenters. The van der Waals surface area contributed by atoms with Crippen molar-refractivity contribution in [1.82, 2.24) is 9.78 Å². The van der Waals surface area contributed by atoms with Crippen molar-refractivity contribution in [3.8, 4) is 5.69 Å². The van der Waals surface area contributed by atoms with Gasteiger partial charge >= 0.3 is 0 Å². The van der Waals surface area contributed by atoms with Gasteiger partial charge in [-0.2, -0.15) is 5.10 Å². The van der Waals surface area contributed by atoms with Crippen LogP contribution in [0.15, 0.2) is 52.6 Å². The first-order chi connectivity index (χ1) is 13.5. The zero-order chi connectivity index (χ0) is 19.4. The maximum atomic E-state index is 12.9. The number of hydrogen-bond donors (Lipinski definition) is 1. The number of halogens is 1. The van der Waals surface area contributed by atoms with Crippen LogP contribution in [0.4, 0.5) is 5.82 Å². The third kappa shape index (κ3) is 2.61. The summed E-state index contributed by atoms with van der Waals surface area (Å²) in [6.07, 6.45) is 3.44. The highest BCUT2D eigenvalue weighted by Crippen LogP contribution is 2.48. The molecule has 1 aliphatic heterocycles. The van der Waals surface area contributed by atoms with Gasteiger partial charge in [-0.05, 0) is 50.6 Å². The van der Waals surface area contributed by atoms with Gasteiger partial charge in [-0.25, -0.2) is 4.68 Å². The van der Waals surface area contributed by atoms with E-state index in [1.165, 1.54) is 0 Å². The number of allylic oxidation sites excluding steroid dienone is 2. The summed E-state index contributed by atoms with van der Waals surface area (Å²) in [5.74, 6) is 2.31. The Labute approximate surface area is 168 Å². The van der Waals surface area contributed by atoms with Gasteiger partial charge in [0.2, 0.25) is 0 Å². The predicted molar refractivity (Wildman–Crippen MR) is 108 cm³/mol. The van der Waals surface area contributed by atoms with Crippen LogP contribution < -0.4 is 5.32 Å². The molecule has 0 bridgehead atoms. The number of hydrogen-bond acceptors (Lipinski definition) is 4. The van der Waals surface area contributed by atoms with E-state index >= 15 is 0 Å². The van der Waals surface area contributed by atoms with E-state index in [0.717, 1.165) is 46.4 Å². The molecule has 5 nitrogen and oxygen atoms in total. The summed E-state index contributed by atoms with van der Waals surface area (Å²) in [5, 5.41) is 8.93. The maximum Gasteiger partial charge on any atom is 0.143 e. The molecule has 0 fully saturated rings. The van der Waals surface area contributed by atoms with Gasteiger partial charge in [0.05, 0.1) is 23.2 Å². The molecule has 3 aromatic rings. The molecule has 0 amide bonds. The summed E-state index contributed by atoms with van der Waals surface area (Å²) in [7, 11) is 0. The van der Waals surface area contributed by atoms with Gasteiger partial charge in [0.1, 0.15) is 23.1 Å². The van der Waals surface area contributed by atoms with Crippen LogP contribution in [-0.4, -0.2) is 15.6 Å². The highest BCUT2D eigenvalue weighted by Gasteiger charge is 2.44. The molecule has 1 aromatic carbocycles. The minimum absolute atomic E-state index is 0.183. The van der Waals surface area contributed by atoms with Crippen molar-refractivity contribution in [3.63, 3.8) is 0 Å². The molecule has 2 aliphatic rings. The van der Waals surface area contributed by atoms with Gasteiger partial charge in [-0.15, -0.1) is 0 Å². The minimum atomic E-state index is -0.262. The van der Waals surface area contributed by atoms with Gasteiger partial charge in [0, 0.05) is 22.7 Å². The normalized spacial score (nSPS) is 21.0. The van der Waals surface area contributed by atoms with Crippen molar-refractivity contribution in [2.24, 2.45) is 5.92 Å². The van der Waals surface area contributed by atoms with Crippen LogP contribution in [0.3, 0.4) is 0 Å². The van der Waals surface area contributed by atoms with Crippen molar-refractivity contribution < 1.29 is 9.21 Å². The number of anilines is 1. The lowest BCUT2D eigenvalue weighted by atomic mass is 9.73. The summed E-state index contributed by atoms with van der Waals surface area (Å²) in [6.45, 7) is 3.90. The third-order valence-corrected chi connectivity index (χ3v) is 5.81. The molecule has 6 heteroatoms. The zero-order valence-electron chi connectivity index (χ0n) is 15.7. The number of nitrogens with one attached hydrogen (secondary N) is 1. The van der Waals surface area contributed by atoms with Crippen LogP contribution in [0, 0.1) is 19.8 Å². The highest BCUT2D eigenvalue weighted by atomic mass is 35.5. The van der Waals surface area contributed by atoms with Gasteiger partial charge in [0.25, 0.3) is 0 Å². The van der Waals surface area contributed by atoms with Crippen molar-refractivity contribution in [1.29, 1.82) is 0 Å². The fourth-order valence-electron chi connectivity index (χ4n) is 4.38. The molecule has 28 heavy (non-hydrogen) atoms. The first-order valence-corrected chi connectivity index (χ1v) is 9.82. The van der Waals surface area contributed by atoms with E-state index in [9.17, 15) is 4.79 Å². The quantitative estimate of drug-likeness (QED) is 0.653. The molecule has 1 N–H and O–H groups in total. The van der Waals surface area contributed by atoms with E-state index in [-0.39, 0.29) is 17.6 Å². The van der Waals surface area contributed by atoms with Crippen LogP contribution in [-0.2, 0) is 4.79 Å². The number of benzene rings is 1. The molecule has 0 spiro atoms. The molecule has 0 saturated heterocycles. The molecule has 142 valence electrons. The largest absolute Gasteiger partial charge is 0.466 e. The van der Waals surface area contributed by atoms with Crippen molar-refractivity contribution in [3.05, 3.63) is 76.0 Å². The number of Topliss-reactive ketones (excluding diaryl/α,β-unsaturated/α-hetero) is 1. The Morgan fingerprint density at radius 1 is 1.21 bits per heavy atom. The molecule has 5 rings (SSSR count). The Bertz CT molecular complexity index is 1120. The van der Waals surface area contributed by atoms with E-state index < -0.39 is 0 Å². The second kappa shape index (κ2) is 6.38. The Hall–Kier alpha value is -2.79. The Morgan fingerprint density at radius 2 is 2.07 bits per heavy atom. The summed E-state index contributed by atoms with van der Waals surface area (Å²) in [4.78, 5) is 12.9.